The molecule has 0 bridgehead atoms. The fourth-order valence-electron chi connectivity index (χ4n) is 5.07. The van der Waals surface area contributed by atoms with Crippen LogP contribution in [0.15, 0.2) is 0 Å². The van der Waals surface area contributed by atoms with E-state index in [1.165, 1.54) is 0 Å². The predicted octanol–water partition coefficient (Wildman–Crippen LogP) is 2.43. The summed E-state index contributed by atoms with van der Waals surface area (Å²) in [6.45, 7) is 9.98. The molecule has 1 unspecified atom stereocenters. The third-order valence-electron chi connectivity index (χ3n) is 7.16. The SMILES string of the molecule is CC(C)(C)OC(=O)N1CCC(CC(=O)N2CCC(CC(O)N3CCC(O)CC3)CC2)CC1. The molecule has 0 aliphatic carbocycles. The first-order valence-corrected chi connectivity index (χ1v) is 12.5. The van der Waals surface area contributed by atoms with Crippen molar-refractivity contribution in [2.24, 2.45) is 11.8 Å². The fourth-order valence-corrected chi connectivity index (χ4v) is 5.07. The van der Waals surface area contributed by atoms with E-state index in [1.54, 1.807) is 4.90 Å². The van der Waals surface area contributed by atoms with Gasteiger partial charge < -0.3 is 24.7 Å². The first-order valence-electron chi connectivity index (χ1n) is 12.5. The van der Waals surface area contributed by atoms with Crippen molar-refractivity contribution in [3.8, 4) is 0 Å². The molecule has 0 saturated carbocycles. The number of hydrogen-bond donors (Lipinski definition) is 2. The normalized spacial score (nSPS) is 23.9. The lowest BCUT2D eigenvalue weighted by Crippen LogP contribution is -2.45. The topological polar surface area (TPSA) is 93.5 Å². The first-order chi connectivity index (χ1) is 15.1. The number of piperidine rings is 3. The second-order valence-electron chi connectivity index (χ2n) is 10.9. The Hall–Kier alpha value is -1.38. The number of aliphatic hydroxyl groups excluding tert-OH is 2. The number of aliphatic hydroxyl groups is 2. The smallest absolute Gasteiger partial charge is 0.410 e. The molecular weight excluding hydrogens is 410 g/mol. The molecule has 3 fully saturated rings. The summed E-state index contributed by atoms with van der Waals surface area (Å²) in [7, 11) is 0. The molecule has 8 heteroatoms. The van der Waals surface area contributed by atoms with E-state index in [0.717, 1.165) is 71.1 Å². The van der Waals surface area contributed by atoms with Crippen LogP contribution in [0.5, 0.6) is 0 Å². The van der Waals surface area contributed by atoms with Gasteiger partial charge in [0.05, 0.1) is 6.10 Å². The van der Waals surface area contributed by atoms with Crippen LogP contribution in [0.25, 0.3) is 0 Å². The standard InChI is InChI=1S/C24H43N3O5/c1-24(2,3)32-23(31)27-12-6-19(7-13-27)17-21(29)25-10-4-18(5-11-25)16-22(30)26-14-8-20(28)9-15-26/h18-20,22,28,30H,4-17H2,1-3H3. The summed E-state index contributed by atoms with van der Waals surface area (Å²) in [5, 5.41) is 20.2. The second-order valence-corrected chi connectivity index (χ2v) is 10.9. The van der Waals surface area contributed by atoms with Gasteiger partial charge in [-0.1, -0.05) is 0 Å². The third kappa shape index (κ3) is 7.59. The maximum absolute atomic E-state index is 12.8. The van der Waals surface area contributed by atoms with Gasteiger partial charge in [-0.2, -0.15) is 0 Å². The van der Waals surface area contributed by atoms with Gasteiger partial charge in [0, 0.05) is 45.7 Å². The summed E-state index contributed by atoms with van der Waals surface area (Å²) in [6, 6.07) is 0. The first kappa shape index (κ1) is 25.2. The number of likely N-dealkylation sites (tertiary alicyclic amines) is 3. The second kappa shape index (κ2) is 11.2. The quantitative estimate of drug-likeness (QED) is 0.664. The van der Waals surface area contributed by atoms with Gasteiger partial charge in [-0.15, -0.1) is 0 Å². The summed E-state index contributed by atoms with van der Waals surface area (Å²) < 4.78 is 5.45. The maximum Gasteiger partial charge on any atom is 0.410 e. The lowest BCUT2D eigenvalue weighted by molar-refractivity contribution is -0.134. The highest BCUT2D eigenvalue weighted by atomic mass is 16.6. The Morgan fingerprint density at radius 3 is 1.97 bits per heavy atom. The number of carbonyl (C=O) groups excluding carboxylic acids is 2. The van der Waals surface area contributed by atoms with Crippen molar-refractivity contribution in [3.05, 3.63) is 0 Å². The van der Waals surface area contributed by atoms with Gasteiger partial charge in [-0.05, 0) is 77.6 Å². The Labute approximate surface area is 192 Å². The van der Waals surface area contributed by atoms with Gasteiger partial charge in [0.15, 0.2) is 0 Å². The molecular formula is C24H43N3O5. The number of carbonyl (C=O) groups is 2. The summed E-state index contributed by atoms with van der Waals surface area (Å²) >= 11 is 0. The van der Waals surface area contributed by atoms with Crippen LogP contribution in [-0.4, -0.2) is 94.1 Å². The lowest BCUT2D eigenvalue weighted by Gasteiger charge is -2.38. The average molecular weight is 454 g/mol. The van der Waals surface area contributed by atoms with E-state index in [1.807, 2.05) is 25.7 Å². The summed E-state index contributed by atoms with van der Waals surface area (Å²) in [5.74, 6) is 0.998. The molecule has 184 valence electrons. The van der Waals surface area contributed by atoms with Gasteiger partial charge in [0.2, 0.25) is 5.91 Å². The monoisotopic (exact) mass is 453 g/mol. The average Bonchev–Trinajstić information content (AvgIpc) is 2.74. The zero-order chi connectivity index (χ0) is 23.3. The Kier molecular flexibility index (Phi) is 8.81. The fraction of sp³-hybridized carbons (Fsp3) is 0.917. The summed E-state index contributed by atoms with van der Waals surface area (Å²) in [6.07, 6.45) is 5.44. The van der Waals surface area contributed by atoms with Crippen LogP contribution in [0.1, 0.15) is 72.1 Å². The molecule has 3 aliphatic heterocycles. The minimum absolute atomic E-state index is 0.225. The number of rotatable bonds is 5. The molecule has 0 aromatic carbocycles. The summed E-state index contributed by atoms with van der Waals surface area (Å²) in [4.78, 5) is 30.8. The highest BCUT2D eigenvalue weighted by Crippen LogP contribution is 2.27. The minimum Gasteiger partial charge on any atom is -0.444 e. The van der Waals surface area contributed by atoms with Crippen LogP contribution in [0.3, 0.4) is 0 Å². The zero-order valence-corrected chi connectivity index (χ0v) is 20.2. The Morgan fingerprint density at radius 2 is 1.41 bits per heavy atom. The maximum atomic E-state index is 12.8. The van der Waals surface area contributed by atoms with Gasteiger partial charge in [0.25, 0.3) is 0 Å². The number of amides is 2. The molecule has 0 aromatic heterocycles. The molecule has 0 radical (unpaired) electrons. The van der Waals surface area contributed by atoms with Crippen molar-refractivity contribution in [2.45, 2.75) is 90.1 Å². The van der Waals surface area contributed by atoms with E-state index < -0.39 is 11.8 Å². The Morgan fingerprint density at radius 1 is 0.875 bits per heavy atom. The van der Waals surface area contributed by atoms with Crippen LogP contribution in [-0.2, 0) is 9.53 Å². The highest BCUT2D eigenvalue weighted by molar-refractivity contribution is 5.76. The van der Waals surface area contributed by atoms with Crippen molar-refractivity contribution in [3.63, 3.8) is 0 Å². The van der Waals surface area contributed by atoms with Crippen molar-refractivity contribution < 1.29 is 24.5 Å². The molecule has 3 saturated heterocycles. The Bertz CT molecular complexity index is 614. The van der Waals surface area contributed by atoms with Crippen molar-refractivity contribution in [2.75, 3.05) is 39.3 Å². The molecule has 3 rings (SSSR count). The molecule has 32 heavy (non-hydrogen) atoms. The van der Waals surface area contributed by atoms with Crippen molar-refractivity contribution >= 4 is 12.0 Å². The van der Waals surface area contributed by atoms with Gasteiger partial charge >= 0.3 is 6.09 Å². The number of hydrogen-bond acceptors (Lipinski definition) is 6. The number of nitrogens with zero attached hydrogens (tertiary/aromatic N) is 3. The Balaban J connectivity index is 1.33. The van der Waals surface area contributed by atoms with Crippen molar-refractivity contribution in [1.29, 1.82) is 0 Å². The van der Waals surface area contributed by atoms with E-state index in [2.05, 4.69) is 4.90 Å². The largest absolute Gasteiger partial charge is 0.444 e. The lowest BCUT2D eigenvalue weighted by atomic mass is 9.90. The van der Waals surface area contributed by atoms with E-state index in [0.29, 0.717) is 31.3 Å². The molecule has 2 amide bonds. The van der Waals surface area contributed by atoms with Crippen LogP contribution in [0.4, 0.5) is 4.79 Å². The molecule has 0 aromatic rings. The van der Waals surface area contributed by atoms with Crippen LogP contribution >= 0.6 is 0 Å². The predicted molar refractivity (Wildman–Crippen MR) is 122 cm³/mol. The highest BCUT2D eigenvalue weighted by Gasteiger charge is 2.31. The summed E-state index contributed by atoms with van der Waals surface area (Å²) in [5.41, 5.74) is -0.484. The molecule has 8 nitrogen and oxygen atoms in total. The number of ether oxygens (including phenoxy) is 1. The van der Waals surface area contributed by atoms with Gasteiger partial charge in [-0.3, -0.25) is 9.69 Å². The molecule has 2 N–H and O–H groups in total. The van der Waals surface area contributed by atoms with Crippen LogP contribution in [0.2, 0.25) is 0 Å². The molecule has 0 spiro atoms. The van der Waals surface area contributed by atoms with Crippen LogP contribution in [0, 0.1) is 11.8 Å². The van der Waals surface area contributed by atoms with Gasteiger partial charge in [0.1, 0.15) is 11.8 Å². The molecule has 3 heterocycles. The van der Waals surface area contributed by atoms with E-state index in [-0.39, 0.29) is 18.1 Å². The van der Waals surface area contributed by atoms with Crippen LogP contribution < -0.4 is 0 Å². The van der Waals surface area contributed by atoms with Gasteiger partial charge in [-0.25, -0.2) is 4.79 Å². The van der Waals surface area contributed by atoms with E-state index in [9.17, 15) is 19.8 Å². The zero-order valence-electron chi connectivity index (χ0n) is 20.2. The van der Waals surface area contributed by atoms with E-state index >= 15 is 0 Å². The van der Waals surface area contributed by atoms with E-state index in [4.69, 9.17) is 4.74 Å². The molecule has 3 aliphatic rings. The van der Waals surface area contributed by atoms with Crippen molar-refractivity contribution in [1.82, 2.24) is 14.7 Å². The minimum atomic E-state index is -0.484. The third-order valence-corrected chi connectivity index (χ3v) is 7.16. The molecule has 1 atom stereocenters.